The van der Waals surface area contributed by atoms with E-state index in [4.69, 9.17) is 4.74 Å². The van der Waals surface area contributed by atoms with E-state index in [1.54, 1.807) is 45.0 Å². The highest BCUT2D eigenvalue weighted by Crippen LogP contribution is 2.30. The summed E-state index contributed by atoms with van der Waals surface area (Å²) in [6.07, 6.45) is -4.45. The van der Waals surface area contributed by atoms with Crippen LogP contribution in [0.4, 0.5) is 23.7 Å². The number of carbonyl (C=O) groups is 3. The van der Waals surface area contributed by atoms with E-state index in [-0.39, 0.29) is 49.4 Å². The molecule has 1 aromatic heterocycles. The van der Waals surface area contributed by atoms with E-state index in [0.717, 1.165) is 12.1 Å². The van der Waals surface area contributed by atoms with Crippen LogP contribution in [0.5, 0.6) is 0 Å². The predicted octanol–water partition coefficient (Wildman–Crippen LogP) is 4.37. The van der Waals surface area contributed by atoms with Crippen molar-refractivity contribution < 1.29 is 32.3 Å². The zero-order valence-electron chi connectivity index (χ0n) is 22.7. The molecular weight excluding hydrogens is 543 g/mol. The van der Waals surface area contributed by atoms with Gasteiger partial charge in [-0.1, -0.05) is 24.3 Å². The molecule has 0 aliphatic carbocycles. The van der Waals surface area contributed by atoms with Crippen LogP contribution >= 0.6 is 0 Å². The highest BCUT2D eigenvalue weighted by atomic mass is 19.4. The Bertz CT molecular complexity index is 1340. The molecule has 1 heterocycles. The van der Waals surface area contributed by atoms with Gasteiger partial charge in [-0.2, -0.15) is 13.2 Å². The summed E-state index contributed by atoms with van der Waals surface area (Å²) in [7, 11) is 0. The van der Waals surface area contributed by atoms with Crippen LogP contribution in [0, 0.1) is 0 Å². The molecule has 14 heteroatoms. The molecular formula is C27H30F3N7O4. The predicted molar refractivity (Wildman–Crippen MR) is 143 cm³/mol. The molecule has 0 saturated heterocycles. The van der Waals surface area contributed by atoms with Crippen molar-refractivity contribution >= 4 is 23.6 Å². The number of anilines is 1. The normalized spacial score (nSPS) is 11.5. The first kappa shape index (κ1) is 30.9. The van der Waals surface area contributed by atoms with Crippen molar-refractivity contribution in [3.63, 3.8) is 0 Å². The van der Waals surface area contributed by atoms with Gasteiger partial charge >= 0.3 is 12.3 Å². The van der Waals surface area contributed by atoms with Crippen LogP contribution in [-0.2, 0) is 20.5 Å². The lowest BCUT2D eigenvalue weighted by Crippen LogP contribution is -2.37. The number of alkyl carbamates (subject to hydrolysis) is 1. The van der Waals surface area contributed by atoms with Crippen LogP contribution in [0.25, 0.3) is 22.8 Å². The molecule has 3 amide bonds. The van der Waals surface area contributed by atoms with Crippen molar-refractivity contribution in [1.29, 1.82) is 0 Å². The lowest BCUT2D eigenvalue weighted by atomic mass is 10.1. The van der Waals surface area contributed by atoms with E-state index in [1.165, 1.54) is 12.1 Å². The van der Waals surface area contributed by atoms with Gasteiger partial charge in [0.15, 0.2) is 0 Å². The van der Waals surface area contributed by atoms with Gasteiger partial charge in [-0.3, -0.25) is 9.59 Å². The third-order valence-corrected chi connectivity index (χ3v) is 5.28. The number of hydrogen-bond donors (Lipinski definition) is 3. The fourth-order valence-corrected chi connectivity index (χ4v) is 3.41. The third kappa shape index (κ3) is 10.5. The first-order valence-electron chi connectivity index (χ1n) is 12.7. The van der Waals surface area contributed by atoms with Crippen LogP contribution in [0.1, 0.15) is 45.6 Å². The van der Waals surface area contributed by atoms with Crippen molar-refractivity contribution in [3.8, 4) is 22.8 Å². The number of ether oxygens (including phenoxy) is 1. The van der Waals surface area contributed by atoms with E-state index >= 15 is 0 Å². The Balaban J connectivity index is 1.43. The van der Waals surface area contributed by atoms with Gasteiger partial charge in [-0.15, -0.1) is 20.4 Å². The minimum absolute atomic E-state index is 0.0651. The Kier molecular flexibility index (Phi) is 10.3. The number of rotatable bonds is 10. The molecule has 2 aromatic carbocycles. The number of carbonyl (C=O) groups excluding carboxylic acids is 3. The number of hydrogen-bond acceptors (Lipinski definition) is 8. The number of nitrogens with one attached hydrogen (secondary N) is 3. The van der Waals surface area contributed by atoms with Gasteiger partial charge in [0.1, 0.15) is 5.60 Å². The molecule has 0 fully saturated rings. The van der Waals surface area contributed by atoms with E-state index < -0.39 is 23.4 Å². The topological polar surface area (TPSA) is 148 Å². The lowest BCUT2D eigenvalue weighted by molar-refractivity contribution is -0.137. The van der Waals surface area contributed by atoms with Crippen LogP contribution in [0.3, 0.4) is 0 Å². The molecule has 3 aromatic rings. The minimum Gasteiger partial charge on any atom is -0.444 e. The highest BCUT2D eigenvalue weighted by Gasteiger charge is 2.30. The summed E-state index contributed by atoms with van der Waals surface area (Å²) in [5.41, 5.74) is -0.0757. The average Bonchev–Trinajstić information content (AvgIpc) is 2.90. The fraction of sp³-hybridized carbons (Fsp3) is 0.370. The van der Waals surface area contributed by atoms with Crippen LogP contribution in [0.2, 0.25) is 0 Å². The first-order valence-corrected chi connectivity index (χ1v) is 12.7. The fourth-order valence-electron chi connectivity index (χ4n) is 3.41. The lowest BCUT2D eigenvalue weighted by Gasteiger charge is -2.19. The van der Waals surface area contributed by atoms with E-state index in [0.29, 0.717) is 23.2 Å². The number of nitrogens with zero attached hydrogens (tertiary/aromatic N) is 4. The first-order chi connectivity index (χ1) is 19.3. The Morgan fingerprint density at radius 1 is 0.780 bits per heavy atom. The van der Waals surface area contributed by atoms with Crippen molar-refractivity contribution in [2.75, 3.05) is 18.4 Å². The number of alkyl halides is 3. The van der Waals surface area contributed by atoms with Crippen molar-refractivity contribution in [1.82, 2.24) is 31.0 Å². The largest absolute Gasteiger partial charge is 0.444 e. The van der Waals surface area contributed by atoms with E-state index in [1.807, 2.05) is 0 Å². The van der Waals surface area contributed by atoms with Gasteiger partial charge in [-0.05, 0) is 51.5 Å². The van der Waals surface area contributed by atoms with Crippen molar-refractivity contribution in [2.45, 2.75) is 51.8 Å². The molecule has 3 rings (SSSR count). The van der Waals surface area contributed by atoms with Gasteiger partial charge in [0.05, 0.1) is 5.56 Å². The monoisotopic (exact) mass is 573 g/mol. The maximum atomic E-state index is 12.8. The van der Waals surface area contributed by atoms with Gasteiger partial charge in [-0.25, -0.2) is 4.79 Å². The second kappa shape index (κ2) is 13.6. The summed E-state index contributed by atoms with van der Waals surface area (Å²) in [5.74, 6) is -0.316. The Labute approximate surface area is 234 Å². The Morgan fingerprint density at radius 2 is 1.37 bits per heavy atom. The molecule has 0 spiro atoms. The molecule has 11 nitrogen and oxygen atoms in total. The smallest absolute Gasteiger partial charge is 0.416 e. The van der Waals surface area contributed by atoms with Crippen LogP contribution in [0.15, 0.2) is 48.5 Å². The number of benzene rings is 2. The summed E-state index contributed by atoms with van der Waals surface area (Å²) in [6.45, 7) is 5.69. The quantitative estimate of drug-likeness (QED) is 0.303. The third-order valence-electron chi connectivity index (χ3n) is 5.28. The average molecular weight is 574 g/mol. The minimum atomic E-state index is -4.45. The summed E-state index contributed by atoms with van der Waals surface area (Å²) < 4.78 is 43.4. The maximum absolute atomic E-state index is 12.8. The molecule has 0 radical (unpaired) electrons. The second-order valence-corrected chi connectivity index (χ2v) is 9.88. The Morgan fingerprint density at radius 3 is 1.98 bits per heavy atom. The molecule has 0 aliphatic rings. The van der Waals surface area contributed by atoms with E-state index in [2.05, 4.69) is 36.3 Å². The standard InChI is InChI=1S/C27H30F3N7O4/c1-26(2,3)41-25(40)32-15-14-31-21(38)8-5-9-22(39)33-20-7-4-6-18(16-20)24-36-34-23(35-37-24)17-10-12-19(13-11-17)27(28,29)30/h4,6-7,10-13,16H,5,8-9,14-15H2,1-3H3,(H,31,38)(H,32,40)(H,33,39). The highest BCUT2D eigenvalue weighted by molar-refractivity contribution is 5.91. The number of aromatic nitrogens is 4. The maximum Gasteiger partial charge on any atom is 0.416 e. The summed E-state index contributed by atoms with van der Waals surface area (Å²) in [6, 6.07) is 11.0. The molecule has 0 aliphatic heterocycles. The molecule has 0 bridgehead atoms. The zero-order valence-corrected chi connectivity index (χ0v) is 22.7. The molecule has 0 saturated carbocycles. The van der Waals surface area contributed by atoms with Gasteiger partial charge in [0.25, 0.3) is 0 Å². The van der Waals surface area contributed by atoms with E-state index in [9.17, 15) is 27.6 Å². The van der Waals surface area contributed by atoms with Gasteiger partial charge < -0.3 is 20.7 Å². The SMILES string of the molecule is CC(C)(C)OC(=O)NCCNC(=O)CCCC(=O)Nc1cccc(-c2nnc(-c3ccc(C(F)(F)F)cc3)nn2)c1. The Hall–Kier alpha value is -4.62. The molecule has 0 atom stereocenters. The molecule has 3 N–H and O–H groups in total. The summed E-state index contributed by atoms with van der Waals surface area (Å²) in [5, 5.41) is 23.9. The second-order valence-electron chi connectivity index (χ2n) is 9.88. The van der Waals surface area contributed by atoms with Gasteiger partial charge in [0.2, 0.25) is 23.5 Å². The zero-order chi connectivity index (χ0) is 30.0. The molecule has 41 heavy (non-hydrogen) atoms. The van der Waals surface area contributed by atoms with Crippen molar-refractivity contribution in [3.05, 3.63) is 54.1 Å². The molecule has 218 valence electrons. The number of halogens is 3. The summed E-state index contributed by atoms with van der Waals surface area (Å²) in [4.78, 5) is 35.9. The number of amides is 3. The van der Waals surface area contributed by atoms with Gasteiger partial charge in [0, 0.05) is 42.7 Å². The van der Waals surface area contributed by atoms with Crippen LogP contribution in [-0.4, -0.2) is 57.0 Å². The van der Waals surface area contributed by atoms with Crippen LogP contribution < -0.4 is 16.0 Å². The molecule has 0 unspecified atom stereocenters. The van der Waals surface area contributed by atoms with Crippen molar-refractivity contribution in [2.24, 2.45) is 0 Å². The summed E-state index contributed by atoms with van der Waals surface area (Å²) >= 11 is 0.